The molecule has 1 fully saturated rings. The number of hydrogen-bond donors (Lipinski definition) is 7. The van der Waals surface area contributed by atoms with E-state index in [0.717, 1.165) is 29.7 Å². The number of benzene rings is 2. The number of rotatable bonds is 4. The number of aliphatic hydroxyl groups excluding tert-OH is 4. The fourth-order valence-corrected chi connectivity index (χ4v) is 4.66. The second-order valence-corrected chi connectivity index (χ2v) is 8.65. The summed E-state index contributed by atoms with van der Waals surface area (Å²) < 4.78 is 5.43. The van der Waals surface area contributed by atoms with Crippen molar-refractivity contribution in [3.8, 4) is 11.5 Å². The predicted octanol–water partition coefficient (Wildman–Crippen LogP) is -0.512. The van der Waals surface area contributed by atoms with Crippen LogP contribution in [0.3, 0.4) is 0 Å². The lowest BCUT2D eigenvalue weighted by Crippen LogP contribution is -2.63. The molecule has 2 aromatic rings. The molecule has 2 aliphatic rings. The van der Waals surface area contributed by atoms with Gasteiger partial charge in [0.1, 0.15) is 24.4 Å². The van der Waals surface area contributed by atoms with Gasteiger partial charge in [0, 0.05) is 18.2 Å². The molecule has 2 heterocycles. The summed E-state index contributed by atoms with van der Waals surface area (Å²) in [7, 11) is 1.96. The summed E-state index contributed by atoms with van der Waals surface area (Å²) in [5.74, 6) is -2.66. The first-order valence-electron chi connectivity index (χ1n) is 10.6. The lowest BCUT2D eigenvalue weighted by molar-refractivity contribution is -0.357. The molecule has 2 aromatic carbocycles. The molecule has 2 unspecified atom stereocenters. The number of ether oxygens (including phenoxy) is 1. The van der Waals surface area contributed by atoms with E-state index in [-0.39, 0.29) is 23.1 Å². The van der Waals surface area contributed by atoms with E-state index in [1.807, 2.05) is 13.1 Å². The van der Waals surface area contributed by atoms with Crippen molar-refractivity contribution in [3.05, 3.63) is 58.7 Å². The van der Waals surface area contributed by atoms with Crippen LogP contribution in [0.25, 0.3) is 0 Å². The lowest BCUT2D eigenvalue weighted by Gasteiger charge is -2.45. The van der Waals surface area contributed by atoms with Crippen LogP contribution in [0.2, 0.25) is 0 Å². The zero-order chi connectivity index (χ0) is 23.2. The van der Waals surface area contributed by atoms with Gasteiger partial charge < -0.3 is 40.5 Å². The normalized spacial score (nSPS) is 33.1. The van der Waals surface area contributed by atoms with Gasteiger partial charge in [0.25, 0.3) is 0 Å². The van der Waals surface area contributed by atoms with Crippen molar-refractivity contribution in [1.29, 1.82) is 0 Å². The highest BCUT2D eigenvalue weighted by atomic mass is 16.7. The highest BCUT2D eigenvalue weighted by molar-refractivity contribution is 5.48. The van der Waals surface area contributed by atoms with Gasteiger partial charge in [0.15, 0.2) is 11.5 Å². The highest BCUT2D eigenvalue weighted by Gasteiger charge is 2.53. The molecule has 6 atom stereocenters. The van der Waals surface area contributed by atoms with E-state index in [1.54, 1.807) is 24.3 Å². The van der Waals surface area contributed by atoms with Crippen molar-refractivity contribution in [3.63, 3.8) is 0 Å². The smallest absolute Gasteiger partial charge is 0.222 e. The van der Waals surface area contributed by atoms with Gasteiger partial charge in [0.05, 0.1) is 6.61 Å². The Morgan fingerprint density at radius 1 is 1.06 bits per heavy atom. The van der Waals surface area contributed by atoms with Crippen molar-refractivity contribution in [2.24, 2.45) is 0 Å². The molecule has 7 N–H and O–H groups in total. The average molecular weight is 447 g/mol. The van der Waals surface area contributed by atoms with Gasteiger partial charge in [-0.3, -0.25) is 4.90 Å². The van der Waals surface area contributed by atoms with Crippen LogP contribution < -0.4 is 0 Å². The number of likely N-dealkylation sites (N-methyl/N-ethyl adjacent to an activating group) is 1. The number of nitrogens with zero attached hydrogens (tertiary/aromatic N) is 1. The van der Waals surface area contributed by atoms with Crippen LogP contribution in [0, 0.1) is 0 Å². The molecule has 0 amide bonds. The Hall–Kier alpha value is -2.24. The van der Waals surface area contributed by atoms with E-state index in [2.05, 4.69) is 4.90 Å². The molecule has 0 radical (unpaired) electrons. The van der Waals surface area contributed by atoms with E-state index in [4.69, 9.17) is 4.74 Å². The van der Waals surface area contributed by atoms with Crippen LogP contribution in [0.5, 0.6) is 11.5 Å². The van der Waals surface area contributed by atoms with Crippen molar-refractivity contribution < 1.29 is 40.5 Å². The fourth-order valence-electron chi connectivity index (χ4n) is 4.66. The minimum atomic E-state index is -2.32. The minimum absolute atomic E-state index is 0.107. The average Bonchev–Trinajstić information content (AvgIpc) is 2.78. The molecular formula is C23H29NO8. The third-order valence-electron chi connectivity index (χ3n) is 6.60. The van der Waals surface area contributed by atoms with Gasteiger partial charge in [-0.2, -0.15) is 0 Å². The van der Waals surface area contributed by atoms with E-state index >= 15 is 0 Å². The lowest BCUT2D eigenvalue weighted by atomic mass is 9.85. The van der Waals surface area contributed by atoms with Crippen LogP contribution in [0.15, 0.2) is 36.4 Å². The zero-order valence-electron chi connectivity index (χ0n) is 17.7. The Morgan fingerprint density at radius 3 is 2.50 bits per heavy atom. The van der Waals surface area contributed by atoms with Gasteiger partial charge in [-0.05, 0) is 48.7 Å². The number of phenols is 2. The quantitative estimate of drug-likeness (QED) is 0.307. The molecule has 0 aliphatic carbocycles. The van der Waals surface area contributed by atoms with Crippen LogP contribution in [0.1, 0.15) is 28.3 Å². The second-order valence-electron chi connectivity index (χ2n) is 8.65. The molecule has 4 rings (SSSR count). The molecule has 9 nitrogen and oxygen atoms in total. The topological polar surface area (TPSA) is 154 Å². The number of hydrogen-bond acceptors (Lipinski definition) is 9. The third kappa shape index (κ3) is 3.86. The van der Waals surface area contributed by atoms with Crippen molar-refractivity contribution in [2.45, 2.75) is 49.1 Å². The van der Waals surface area contributed by atoms with Gasteiger partial charge in [0.2, 0.25) is 5.79 Å². The molecule has 9 heteroatoms. The maximum atomic E-state index is 11.1. The van der Waals surface area contributed by atoms with E-state index < -0.39 is 36.8 Å². The Kier molecular flexibility index (Phi) is 6.17. The zero-order valence-corrected chi connectivity index (χ0v) is 17.7. The highest BCUT2D eigenvalue weighted by Crippen LogP contribution is 2.40. The molecular weight excluding hydrogens is 418 g/mol. The molecule has 0 saturated carbocycles. The standard InChI is InChI=1S/C23H29NO8/c1-24-6-5-13-9-17(26)18(27)10-15(13)16(24)8-12-3-2-4-14(7-12)23(31)22(30)21(29)20(28)19(11-25)32-23/h2-4,7,9-10,16,19-22,25-31H,5-6,8,11H2,1H3/t16?,19-,20-,21+,22-,23?/m1/s1. The SMILES string of the molecule is CN1CCc2cc(O)c(O)cc2C1Cc1cccc(C2(O)O[C@H](CO)[C@@H](O)[C@H](O)[C@H]2O)c1. The Labute approximate surface area is 185 Å². The van der Waals surface area contributed by atoms with Crippen molar-refractivity contribution in [1.82, 2.24) is 4.90 Å². The summed E-state index contributed by atoms with van der Waals surface area (Å²) in [4.78, 5) is 2.13. The Morgan fingerprint density at radius 2 is 1.78 bits per heavy atom. The summed E-state index contributed by atoms with van der Waals surface area (Å²) in [6.07, 6.45) is -5.11. The summed E-state index contributed by atoms with van der Waals surface area (Å²) in [6.45, 7) is 0.114. The predicted molar refractivity (Wildman–Crippen MR) is 113 cm³/mol. The number of aliphatic hydroxyl groups is 5. The van der Waals surface area contributed by atoms with E-state index in [9.17, 15) is 35.7 Å². The van der Waals surface area contributed by atoms with Crippen LogP contribution in [-0.4, -0.2) is 85.3 Å². The summed E-state index contributed by atoms with van der Waals surface area (Å²) >= 11 is 0. The van der Waals surface area contributed by atoms with Crippen LogP contribution in [-0.2, 0) is 23.4 Å². The third-order valence-corrected chi connectivity index (χ3v) is 6.60. The molecule has 32 heavy (non-hydrogen) atoms. The molecule has 1 saturated heterocycles. The monoisotopic (exact) mass is 447 g/mol. The van der Waals surface area contributed by atoms with Crippen LogP contribution in [0.4, 0.5) is 0 Å². The largest absolute Gasteiger partial charge is 0.504 e. The molecule has 0 aromatic heterocycles. The van der Waals surface area contributed by atoms with Gasteiger partial charge in [-0.25, -0.2) is 0 Å². The minimum Gasteiger partial charge on any atom is -0.504 e. The second kappa shape index (κ2) is 8.60. The van der Waals surface area contributed by atoms with E-state index in [0.29, 0.717) is 6.42 Å². The maximum absolute atomic E-state index is 11.1. The number of fused-ring (bicyclic) bond motifs is 1. The van der Waals surface area contributed by atoms with Gasteiger partial charge in [-0.1, -0.05) is 24.3 Å². The fraction of sp³-hybridized carbons (Fsp3) is 0.478. The van der Waals surface area contributed by atoms with Crippen molar-refractivity contribution >= 4 is 0 Å². The Balaban J connectivity index is 1.65. The van der Waals surface area contributed by atoms with Gasteiger partial charge >= 0.3 is 0 Å². The maximum Gasteiger partial charge on any atom is 0.222 e. The molecule has 0 spiro atoms. The molecule has 2 aliphatic heterocycles. The number of phenolic OH excluding ortho intramolecular Hbond substituents is 2. The number of aromatic hydroxyl groups is 2. The first-order chi connectivity index (χ1) is 15.2. The van der Waals surface area contributed by atoms with Crippen LogP contribution >= 0.6 is 0 Å². The summed E-state index contributed by atoms with van der Waals surface area (Å²) in [5, 5.41) is 71.0. The molecule has 0 bridgehead atoms. The first-order valence-corrected chi connectivity index (χ1v) is 10.6. The van der Waals surface area contributed by atoms with Crippen molar-refractivity contribution in [2.75, 3.05) is 20.2 Å². The van der Waals surface area contributed by atoms with E-state index in [1.165, 1.54) is 6.07 Å². The van der Waals surface area contributed by atoms with Gasteiger partial charge in [-0.15, -0.1) is 0 Å². The summed E-state index contributed by atoms with van der Waals surface area (Å²) in [5.41, 5.74) is 2.82. The Bertz CT molecular complexity index is 982. The summed E-state index contributed by atoms with van der Waals surface area (Å²) in [6, 6.07) is 9.75. The molecule has 174 valence electrons. The first kappa shape index (κ1) is 22.9.